The molecule has 0 saturated carbocycles. The third-order valence-corrected chi connectivity index (χ3v) is 5.19. The summed E-state index contributed by atoms with van der Waals surface area (Å²) in [6, 6.07) is 16.5. The van der Waals surface area contributed by atoms with E-state index >= 15 is 0 Å². The van der Waals surface area contributed by atoms with Crippen LogP contribution in [0.25, 0.3) is 16.7 Å². The monoisotopic (exact) mass is 348 g/mol. The number of hydrogen-bond donors (Lipinski definition) is 0. The van der Waals surface area contributed by atoms with Crippen molar-refractivity contribution in [3.8, 4) is 16.9 Å². The van der Waals surface area contributed by atoms with Gasteiger partial charge in [0.15, 0.2) is 0 Å². The average molecular weight is 348 g/mol. The summed E-state index contributed by atoms with van der Waals surface area (Å²) in [5.74, 6) is 1.18. The summed E-state index contributed by atoms with van der Waals surface area (Å²) in [6.45, 7) is 3.69. The first-order valence-corrected chi connectivity index (χ1v) is 9.74. The van der Waals surface area contributed by atoms with Gasteiger partial charge in [0.1, 0.15) is 5.75 Å². The lowest BCUT2D eigenvalue weighted by Gasteiger charge is -2.22. The quantitative estimate of drug-likeness (QED) is 0.431. The fourth-order valence-electron chi connectivity index (χ4n) is 3.66. The van der Waals surface area contributed by atoms with Crippen LogP contribution < -0.4 is 4.74 Å². The highest BCUT2D eigenvalue weighted by Gasteiger charge is 2.15. The number of unbranched alkanes of at least 4 members (excludes halogenated alkanes) is 1. The average Bonchev–Trinajstić information content (AvgIpc) is 2.67. The summed E-state index contributed by atoms with van der Waals surface area (Å²) in [5, 5.41) is 0. The van der Waals surface area contributed by atoms with Crippen molar-refractivity contribution in [2.75, 3.05) is 0 Å². The van der Waals surface area contributed by atoms with Gasteiger partial charge in [0.25, 0.3) is 0 Å². The van der Waals surface area contributed by atoms with Crippen molar-refractivity contribution in [3.63, 3.8) is 0 Å². The first-order chi connectivity index (χ1) is 12.7. The van der Waals surface area contributed by atoms with Gasteiger partial charge in [-0.25, -0.2) is 0 Å². The van der Waals surface area contributed by atoms with E-state index in [1.807, 2.05) is 24.3 Å². The van der Waals surface area contributed by atoms with Crippen LogP contribution >= 0.6 is 0 Å². The van der Waals surface area contributed by atoms with Gasteiger partial charge in [-0.1, -0.05) is 68.7 Å². The second-order valence-electron chi connectivity index (χ2n) is 7.21. The smallest absolute Gasteiger partial charge is 0.308 e. The Bertz CT molecular complexity index is 754. The fraction of sp³-hybridized carbons (Fsp3) is 0.375. The normalized spacial score (nSPS) is 16.8. The molecule has 26 heavy (non-hydrogen) atoms. The van der Waals surface area contributed by atoms with Gasteiger partial charge in [-0.2, -0.15) is 0 Å². The van der Waals surface area contributed by atoms with E-state index in [1.54, 1.807) is 0 Å². The van der Waals surface area contributed by atoms with Gasteiger partial charge >= 0.3 is 5.97 Å². The molecule has 2 nitrogen and oxygen atoms in total. The van der Waals surface area contributed by atoms with Crippen LogP contribution in [0.5, 0.6) is 5.75 Å². The zero-order chi connectivity index (χ0) is 18.4. The number of hydrogen-bond acceptors (Lipinski definition) is 2. The molecule has 0 N–H and O–H groups in total. The standard InChI is InChI=1S/C24H28O2/c1-3-4-5-19-6-8-20(9-7-19)21-10-12-22(13-11-21)23-14-16-24(17-15-23)26-18(2)25/h8,10-17,19H,3-7,9H2,1-2H3. The van der Waals surface area contributed by atoms with Crippen molar-refractivity contribution in [1.82, 2.24) is 0 Å². The number of esters is 1. The van der Waals surface area contributed by atoms with Crippen molar-refractivity contribution in [2.45, 2.75) is 52.4 Å². The second kappa shape index (κ2) is 8.84. The Labute approximate surface area is 156 Å². The van der Waals surface area contributed by atoms with Crippen LogP contribution in [0.2, 0.25) is 0 Å². The third-order valence-electron chi connectivity index (χ3n) is 5.19. The molecule has 2 heteroatoms. The zero-order valence-electron chi connectivity index (χ0n) is 15.8. The molecule has 0 heterocycles. The van der Waals surface area contributed by atoms with Crippen LogP contribution in [-0.2, 0) is 4.79 Å². The van der Waals surface area contributed by atoms with Gasteiger partial charge in [0.2, 0.25) is 0 Å². The van der Waals surface area contributed by atoms with Crippen LogP contribution in [-0.4, -0.2) is 5.97 Å². The molecule has 1 unspecified atom stereocenters. The highest BCUT2D eigenvalue weighted by molar-refractivity contribution is 5.72. The Morgan fingerprint density at radius 2 is 1.62 bits per heavy atom. The molecule has 0 radical (unpaired) electrons. The highest BCUT2D eigenvalue weighted by Crippen LogP contribution is 2.33. The van der Waals surface area contributed by atoms with Crippen molar-refractivity contribution in [1.29, 1.82) is 0 Å². The number of rotatable bonds is 6. The summed E-state index contributed by atoms with van der Waals surface area (Å²) in [4.78, 5) is 11.0. The third kappa shape index (κ3) is 4.85. The Balaban J connectivity index is 1.65. The number of carbonyl (C=O) groups excluding carboxylic acids is 1. The Kier molecular flexibility index (Phi) is 6.27. The van der Waals surface area contributed by atoms with E-state index in [1.165, 1.54) is 62.1 Å². The molecule has 0 fully saturated rings. The predicted molar refractivity (Wildman–Crippen MR) is 108 cm³/mol. The van der Waals surface area contributed by atoms with Gasteiger partial charge in [-0.15, -0.1) is 0 Å². The molecule has 0 aromatic heterocycles. The summed E-state index contributed by atoms with van der Waals surface area (Å²) in [6.07, 6.45) is 10.2. The number of ether oxygens (including phenoxy) is 1. The Morgan fingerprint density at radius 3 is 2.15 bits per heavy atom. The largest absolute Gasteiger partial charge is 0.427 e. The minimum absolute atomic E-state index is 0.292. The number of allylic oxidation sites excluding steroid dienone is 2. The summed E-state index contributed by atoms with van der Waals surface area (Å²) < 4.78 is 5.09. The SMILES string of the molecule is CCCCC1CC=C(c2ccc(-c3ccc(OC(C)=O)cc3)cc2)CC1. The van der Waals surface area contributed by atoms with E-state index in [2.05, 4.69) is 37.3 Å². The predicted octanol–water partition coefficient (Wildman–Crippen LogP) is 6.65. The van der Waals surface area contributed by atoms with E-state index < -0.39 is 0 Å². The van der Waals surface area contributed by atoms with Crippen LogP contribution in [0.1, 0.15) is 57.9 Å². The van der Waals surface area contributed by atoms with Gasteiger partial charge in [0.05, 0.1) is 0 Å². The maximum absolute atomic E-state index is 11.0. The minimum atomic E-state index is -0.292. The molecular weight excluding hydrogens is 320 g/mol. The maximum Gasteiger partial charge on any atom is 0.308 e. The molecule has 0 spiro atoms. The summed E-state index contributed by atoms with van der Waals surface area (Å²) >= 11 is 0. The molecule has 1 atom stereocenters. The number of carbonyl (C=O) groups is 1. The van der Waals surface area contributed by atoms with Crippen molar-refractivity contribution < 1.29 is 9.53 Å². The molecule has 3 rings (SSSR count). The molecule has 1 aliphatic rings. The molecule has 2 aromatic carbocycles. The summed E-state index contributed by atoms with van der Waals surface area (Å²) in [7, 11) is 0. The van der Waals surface area contributed by atoms with Crippen LogP contribution in [0, 0.1) is 5.92 Å². The second-order valence-corrected chi connectivity index (χ2v) is 7.21. The van der Waals surface area contributed by atoms with Gasteiger partial charge in [-0.05, 0) is 59.6 Å². The van der Waals surface area contributed by atoms with E-state index in [0.717, 1.165) is 11.5 Å². The topological polar surface area (TPSA) is 26.3 Å². The lowest BCUT2D eigenvalue weighted by atomic mass is 9.84. The fourth-order valence-corrected chi connectivity index (χ4v) is 3.66. The van der Waals surface area contributed by atoms with Gasteiger partial charge in [0, 0.05) is 6.92 Å². The maximum atomic E-state index is 11.0. The lowest BCUT2D eigenvalue weighted by molar-refractivity contribution is -0.131. The Hall–Kier alpha value is -2.35. The van der Waals surface area contributed by atoms with E-state index in [-0.39, 0.29) is 5.97 Å². The minimum Gasteiger partial charge on any atom is -0.427 e. The molecular formula is C24H28O2. The first kappa shape index (κ1) is 18.4. The van der Waals surface area contributed by atoms with Crippen LogP contribution in [0.4, 0.5) is 0 Å². The van der Waals surface area contributed by atoms with Crippen molar-refractivity contribution in [3.05, 3.63) is 60.2 Å². The van der Waals surface area contributed by atoms with Crippen molar-refractivity contribution >= 4 is 11.5 Å². The molecule has 2 aromatic rings. The van der Waals surface area contributed by atoms with E-state index in [9.17, 15) is 4.79 Å². The number of benzene rings is 2. The lowest BCUT2D eigenvalue weighted by Crippen LogP contribution is -2.05. The van der Waals surface area contributed by atoms with Gasteiger partial charge < -0.3 is 4.74 Å². The van der Waals surface area contributed by atoms with Crippen LogP contribution in [0.3, 0.4) is 0 Å². The molecule has 0 amide bonds. The van der Waals surface area contributed by atoms with Gasteiger partial charge in [-0.3, -0.25) is 4.79 Å². The Morgan fingerprint density at radius 1 is 1.00 bits per heavy atom. The molecule has 1 aliphatic carbocycles. The van der Waals surface area contributed by atoms with E-state index in [4.69, 9.17) is 4.74 Å². The van der Waals surface area contributed by atoms with Crippen LogP contribution in [0.15, 0.2) is 54.6 Å². The van der Waals surface area contributed by atoms with Crippen molar-refractivity contribution in [2.24, 2.45) is 5.92 Å². The molecule has 0 aliphatic heterocycles. The first-order valence-electron chi connectivity index (χ1n) is 9.74. The summed E-state index contributed by atoms with van der Waals surface area (Å²) in [5.41, 5.74) is 5.15. The molecule has 136 valence electrons. The van der Waals surface area contributed by atoms with E-state index in [0.29, 0.717) is 5.75 Å². The molecule has 0 bridgehead atoms. The highest BCUT2D eigenvalue weighted by atomic mass is 16.5. The zero-order valence-corrected chi connectivity index (χ0v) is 15.8. The molecule has 0 saturated heterocycles.